The molecule has 4 rings (SSSR count). The van der Waals surface area contributed by atoms with Crippen LogP contribution in [0.25, 0.3) is 17.1 Å². The number of benzene rings is 3. The summed E-state index contributed by atoms with van der Waals surface area (Å²) in [6.07, 6.45) is 1.26. The van der Waals surface area contributed by atoms with Crippen LogP contribution in [0.15, 0.2) is 89.1 Å². The summed E-state index contributed by atoms with van der Waals surface area (Å²) in [5.41, 5.74) is 5.66. The third-order valence-electron chi connectivity index (χ3n) is 5.52. The molecule has 1 aromatic heterocycles. The molecule has 0 bridgehead atoms. The number of carbonyl (C=O) groups excluding carboxylic acids is 1. The highest BCUT2D eigenvalue weighted by Crippen LogP contribution is 2.30. The van der Waals surface area contributed by atoms with E-state index in [2.05, 4.69) is 53.6 Å². The van der Waals surface area contributed by atoms with Crippen LogP contribution in [0.4, 0.5) is 5.69 Å². The Hall–Kier alpha value is -4.31. The Bertz CT molecular complexity index is 1430. The van der Waals surface area contributed by atoms with Crippen molar-refractivity contribution in [2.24, 2.45) is 5.10 Å². The Kier molecular flexibility index (Phi) is 7.78. The molecule has 0 unspecified atom stereocenters. The van der Waals surface area contributed by atoms with Crippen molar-refractivity contribution in [1.29, 1.82) is 0 Å². The number of nitro benzene ring substituents is 1. The lowest BCUT2D eigenvalue weighted by atomic mass is 9.87. The van der Waals surface area contributed by atoms with Gasteiger partial charge < -0.3 is 0 Å². The molecule has 0 fully saturated rings. The highest BCUT2D eigenvalue weighted by atomic mass is 32.2. The van der Waals surface area contributed by atoms with Crippen LogP contribution < -0.4 is 5.43 Å². The molecule has 0 saturated carbocycles. The number of carbonyl (C=O) groups is 1. The van der Waals surface area contributed by atoms with E-state index in [1.165, 1.54) is 29.6 Å². The molecule has 1 N–H and O–H groups in total. The van der Waals surface area contributed by atoms with Crippen molar-refractivity contribution in [2.75, 3.05) is 5.75 Å². The maximum Gasteiger partial charge on any atom is 0.278 e. The third kappa shape index (κ3) is 6.28. The van der Waals surface area contributed by atoms with Gasteiger partial charge in [0, 0.05) is 17.3 Å². The Labute approximate surface area is 218 Å². The molecule has 1 heterocycles. The molecule has 0 aliphatic carbocycles. The van der Waals surface area contributed by atoms with Gasteiger partial charge in [-0.3, -0.25) is 19.5 Å². The zero-order valence-electron chi connectivity index (χ0n) is 20.7. The predicted molar refractivity (Wildman–Crippen MR) is 145 cm³/mol. The molecular weight excluding hydrogens is 488 g/mol. The van der Waals surface area contributed by atoms with Gasteiger partial charge in [-0.25, -0.2) is 5.43 Å². The Morgan fingerprint density at radius 1 is 1.03 bits per heavy atom. The van der Waals surface area contributed by atoms with Crippen LogP contribution >= 0.6 is 11.8 Å². The van der Waals surface area contributed by atoms with Gasteiger partial charge >= 0.3 is 0 Å². The van der Waals surface area contributed by atoms with E-state index in [0.717, 1.165) is 11.3 Å². The normalized spacial score (nSPS) is 11.5. The van der Waals surface area contributed by atoms with Crippen molar-refractivity contribution in [3.8, 4) is 17.1 Å². The van der Waals surface area contributed by atoms with E-state index in [9.17, 15) is 14.9 Å². The Morgan fingerprint density at radius 2 is 1.70 bits per heavy atom. The number of hydrogen-bond acceptors (Lipinski definition) is 7. The maximum absolute atomic E-state index is 12.4. The largest absolute Gasteiger partial charge is 0.278 e. The lowest BCUT2D eigenvalue weighted by molar-refractivity contribution is -0.385. The highest BCUT2D eigenvalue weighted by Gasteiger charge is 2.19. The van der Waals surface area contributed by atoms with E-state index in [1.807, 2.05) is 47.0 Å². The number of hydrazone groups is 1. The summed E-state index contributed by atoms with van der Waals surface area (Å²) in [6.45, 7) is 6.50. The van der Waals surface area contributed by atoms with Gasteiger partial charge in [-0.2, -0.15) is 5.10 Å². The number of thioether (sulfide) groups is 1. The molecule has 0 atom stereocenters. The first-order chi connectivity index (χ1) is 17.7. The first kappa shape index (κ1) is 25.8. The van der Waals surface area contributed by atoms with Gasteiger partial charge in [0.2, 0.25) is 0 Å². The van der Waals surface area contributed by atoms with Crippen molar-refractivity contribution < 1.29 is 9.72 Å². The van der Waals surface area contributed by atoms with Crippen LogP contribution in [0.1, 0.15) is 31.9 Å². The molecule has 37 heavy (non-hydrogen) atoms. The lowest BCUT2D eigenvalue weighted by Gasteiger charge is -2.19. The molecule has 0 aliphatic heterocycles. The number of rotatable bonds is 8. The topological polar surface area (TPSA) is 115 Å². The fourth-order valence-electron chi connectivity index (χ4n) is 3.58. The number of hydrogen-bond donors (Lipinski definition) is 1. The smallest absolute Gasteiger partial charge is 0.272 e. The standard InChI is InChI=1S/C27H26N6O3S/c1-27(2,3)21-15-13-19(14-16-21)25-30-31-26(32(25)22-10-5-4-6-11-22)37-18-24(34)29-28-17-20-9-7-8-12-23(20)33(35)36/h4-17H,18H2,1-3H3,(H,29,34). The first-order valence-corrected chi connectivity index (χ1v) is 12.5. The second kappa shape index (κ2) is 11.2. The average molecular weight is 515 g/mol. The van der Waals surface area contributed by atoms with Crippen molar-refractivity contribution in [3.63, 3.8) is 0 Å². The van der Waals surface area contributed by atoms with E-state index < -0.39 is 4.92 Å². The quantitative estimate of drug-likeness (QED) is 0.146. The Morgan fingerprint density at radius 3 is 2.38 bits per heavy atom. The van der Waals surface area contributed by atoms with Crippen LogP contribution in [0, 0.1) is 10.1 Å². The molecule has 188 valence electrons. The van der Waals surface area contributed by atoms with E-state index in [0.29, 0.717) is 16.5 Å². The molecule has 3 aromatic carbocycles. The average Bonchev–Trinajstić information content (AvgIpc) is 3.32. The second-order valence-electron chi connectivity index (χ2n) is 9.20. The van der Waals surface area contributed by atoms with E-state index in [1.54, 1.807) is 18.2 Å². The minimum absolute atomic E-state index is 0.0299. The number of para-hydroxylation sites is 2. The van der Waals surface area contributed by atoms with Gasteiger partial charge in [-0.05, 0) is 29.2 Å². The molecule has 10 heteroatoms. The van der Waals surface area contributed by atoms with Crippen LogP contribution in [0.3, 0.4) is 0 Å². The van der Waals surface area contributed by atoms with Gasteiger partial charge in [0.15, 0.2) is 11.0 Å². The fraction of sp³-hybridized carbons (Fsp3) is 0.185. The molecule has 0 radical (unpaired) electrons. The van der Waals surface area contributed by atoms with E-state index in [-0.39, 0.29) is 22.8 Å². The summed E-state index contributed by atoms with van der Waals surface area (Å²) >= 11 is 1.22. The number of nitro groups is 1. The SMILES string of the molecule is CC(C)(C)c1ccc(-c2nnc(SCC(=O)NN=Cc3ccccc3[N+](=O)[O-])n2-c2ccccc2)cc1. The van der Waals surface area contributed by atoms with Gasteiger partial charge in [0.1, 0.15) is 0 Å². The summed E-state index contributed by atoms with van der Waals surface area (Å²) in [6, 6.07) is 24.1. The van der Waals surface area contributed by atoms with E-state index in [4.69, 9.17) is 0 Å². The lowest BCUT2D eigenvalue weighted by Crippen LogP contribution is -2.20. The second-order valence-corrected chi connectivity index (χ2v) is 10.1. The van der Waals surface area contributed by atoms with Crippen molar-refractivity contribution in [2.45, 2.75) is 31.3 Å². The molecule has 0 spiro atoms. The molecule has 9 nitrogen and oxygen atoms in total. The minimum Gasteiger partial charge on any atom is -0.272 e. The fourth-order valence-corrected chi connectivity index (χ4v) is 4.32. The zero-order valence-corrected chi connectivity index (χ0v) is 21.5. The van der Waals surface area contributed by atoms with Gasteiger partial charge in [-0.15, -0.1) is 10.2 Å². The van der Waals surface area contributed by atoms with Gasteiger partial charge in [0.05, 0.1) is 22.5 Å². The van der Waals surface area contributed by atoms with Crippen LogP contribution in [-0.4, -0.2) is 37.6 Å². The molecule has 0 aliphatic rings. The first-order valence-electron chi connectivity index (χ1n) is 11.5. The predicted octanol–water partition coefficient (Wildman–Crippen LogP) is 5.38. The zero-order chi connectivity index (χ0) is 26.4. The van der Waals surface area contributed by atoms with Crippen LogP contribution in [0.2, 0.25) is 0 Å². The van der Waals surface area contributed by atoms with Crippen LogP contribution in [-0.2, 0) is 10.2 Å². The van der Waals surface area contributed by atoms with Crippen molar-refractivity contribution in [1.82, 2.24) is 20.2 Å². The number of amides is 1. The summed E-state index contributed by atoms with van der Waals surface area (Å²) in [5.74, 6) is 0.324. The third-order valence-corrected chi connectivity index (χ3v) is 6.44. The summed E-state index contributed by atoms with van der Waals surface area (Å²) < 4.78 is 1.92. The monoisotopic (exact) mass is 514 g/mol. The summed E-state index contributed by atoms with van der Waals surface area (Å²) in [4.78, 5) is 23.1. The summed E-state index contributed by atoms with van der Waals surface area (Å²) in [7, 11) is 0. The van der Waals surface area contributed by atoms with Crippen LogP contribution in [0.5, 0.6) is 0 Å². The molecule has 0 saturated heterocycles. The Balaban J connectivity index is 1.51. The molecule has 4 aromatic rings. The van der Waals surface area contributed by atoms with Gasteiger partial charge in [-0.1, -0.05) is 87.1 Å². The number of aromatic nitrogens is 3. The maximum atomic E-state index is 12.4. The minimum atomic E-state index is -0.496. The van der Waals surface area contributed by atoms with Crippen molar-refractivity contribution >= 4 is 29.6 Å². The van der Waals surface area contributed by atoms with E-state index >= 15 is 0 Å². The van der Waals surface area contributed by atoms with Crippen molar-refractivity contribution in [3.05, 3.63) is 100 Å². The number of nitrogens with one attached hydrogen (secondary N) is 1. The highest BCUT2D eigenvalue weighted by molar-refractivity contribution is 7.99. The molecule has 1 amide bonds. The summed E-state index contributed by atoms with van der Waals surface area (Å²) in [5, 5.41) is 24.3. The number of nitrogens with zero attached hydrogens (tertiary/aromatic N) is 5. The molecular formula is C27H26N6O3S. The van der Waals surface area contributed by atoms with Gasteiger partial charge in [0.25, 0.3) is 11.6 Å².